The van der Waals surface area contributed by atoms with Gasteiger partial charge in [-0.25, -0.2) is 4.79 Å². The third kappa shape index (κ3) is 4.59. The largest absolute Gasteiger partial charge is 0.466 e. The van der Waals surface area contributed by atoms with Crippen molar-refractivity contribution in [3.05, 3.63) is 58.9 Å². The Labute approximate surface area is 168 Å². The third-order valence-corrected chi connectivity index (χ3v) is 4.34. The summed E-state index contributed by atoms with van der Waals surface area (Å²) in [7, 11) is 2.55. The molecule has 1 aromatic rings. The van der Waals surface area contributed by atoms with Gasteiger partial charge in [-0.05, 0) is 11.6 Å². The highest BCUT2D eigenvalue weighted by Gasteiger charge is 2.44. The molecule has 0 fully saturated rings. The van der Waals surface area contributed by atoms with Crippen molar-refractivity contribution >= 4 is 46.6 Å². The van der Waals surface area contributed by atoms with E-state index in [0.29, 0.717) is 0 Å². The monoisotopic (exact) mass is 441 g/mol. The number of rotatable bonds is 3. The lowest BCUT2D eigenvalue weighted by Gasteiger charge is -2.31. The summed E-state index contributed by atoms with van der Waals surface area (Å²) in [5.41, 5.74) is -1.82. The topological polar surface area (TPSA) is 46.6 Å². The summed E-state index contributed by atoms with van der Waals surface area (Å²) in [4.78, 5) is 26.2. The van der Waals surface area contributed by atoms with Gasteiger partial charge in [0, 0.05) is 30.9 Å². The highest BCUT2D eigenvalue weighted by molar-refractivity contribution is 6.77. The first kappa shape index (κ1) is 21.6. The van der Waals surface area contributed by atoms with Crippen LogP contribution in [0.3, 0.4) is 0 Å². The number of hydrogen-bond acceptors (Lipinski definition) is 4. The number of carbonyl (C=O) groups is 2. The molecule has 0 aliphatic carbocycles. The first-order valence-corrected chi connectivity index (χ1v) is 8.52. The molecule has 0 saturated carbocycles. The Hall–Kier alpha value is -1.70. The second-order valence-electron chi connectivity index (χ2n) is 5.67. The Kier molecular flexibility index (Phi) is 6.19. The number of nitrogens with zero attached hydrogens (tertiary/aromatic N) is 1. The van der Waals surface area contributed by atoms with Crippen molar-refractivity contribution in [1.29, 1.82) is 0 Å². The van der Waals surface area contributed by atoms with Crippen LogP contribution in [0.15, 0.2) is 47.8 Å². The summed E-state index contributed by atoms with van der Waals surface area (Å²) in [6.07, 6.45) is -2.25. The van der Waals surface area contributed by atoms with Gasteiger partial charge in [0.15, 0.2) is 0 Å². The molecular weight excluding hydrogens is 430 g/mol. The van der Waals surface area contributed by atoms with E-state index in [1.807, 2.05) is 0 Å². The lowest BCUT2D eigenvalue weighted by atomic mass is 9.79. The number of methoxy groups -OCH3 is 1. The van der Waals surface area contributed by atoms with Gasteiger partial charge in [0.2, 0.25) is 5.78 Å². The van der Waals surface area contributed by atoms with E-state index in [9.17, 15) is 22.8 Å². The molecule has 4 nitrogen and oxygen atoms in total. The summed E-state index contributed by atoms with van der Waals surface area (Å²) in [5, 5.41) is 0. The number of ether oxygens (including phenoxy) is 1. The zero-order valence-corrected chi connectivity index (χ0v) is 16.2. The fraction of sp³-hybridized carbons (Fsp3) is 0.294. The van der Waals surface area contributed by atoms with Gasteiger partial charge in [-0.3, -0.25) is 4.79 Å². The van der Waals surface area contributed by atoms with Crippen LogP contribution >= 0.6 is 34.8 Å². The molecule has 0 saturated heterocycles. The smallest absolute Gasteiger partial charge is 0.416 e. The van der Waals surface area contributed by atoms with Gasteiger partial charge in [0.1, 0.15) is 0 Å². The number of alkyl halides is 6. The molecule has 0 radical (unpaired) electrons. The summed E-state index contributed by atoms with van der Waals surface area (Å²) < 4.78 is 42.8. The Morgan fingerprint density at radius 2 is 1.63 bits per heavy atom. The normalized spacial score (nSPS) is 17.9. The first-order valence-electron chi connectivity index (χ1n) is 7.39. The van der Waals surface area contributed by atoms with Crippen LogP contribution < -0.4 is 0 Å². The maximum absolute atomic E-state index is 13.5. The fourth-order valence-electron chi connectivity index (χ4n) is 2.78. The molecule has 146 valence electrons. The maximum Gasteiger partial charge on any atom is 0.416 e. The number of allylic oxidation sites excluding steroid dienone is 1. The summed E-state index contributed by atoms with van der Waals surface area (Å²) >= 11 is 17.0. The SMILES string of the molecule is COC(=O)C1=CN(C)C=C(C(=O)C(Cl)(Cl)Cl)C1c1ccccc1C(F)(F)F. The highest BCUT2D eigenvalue weighted by atomic mass is 35.6. The molecular formula is C17H13Cl3F3NO3. The van der Waals surface area contributed by atoms with E-state index in [1.54, 1.807) is 0 Å². The molecule has 1 aliphatic heterocycles. The average molecular weight is 443 g/mol. The minimum absolute atomic E-state index is 0.197. The van der Waals surface area contributed by atoms with Crippen molar-refractivity contribution in [3.63, 3.8) is 0 Å². The second kappa shape index (κ2) is 7.73. The van der Waals surface area contributed by atoms with Gasteiger partial charge in [0.25, 0.3) is 3.79 Å². The molecule has 0 spiro atoms. The first-order chi connectivity index (χ1) is 12.4. The third-order valence-electron chi connectivity index (χ3n) is 3.83. The van der Waals surface area contributed by atoms with Crippen molar-refractivity contribution < 1.29 is 27.5 Å². The molecule has 0 amide bonds. The van der Waals surface area contributed by atoms with E-state index in [2.05, 4.69) is 4.74 Å². The minimum Gasteiger partial charge on any atom is -0.466 e. The van der Waals surface area contributed by atoms with Crippen LogP contribution in [0.1, 0.15) is 17.0 Å². The summed E-state index contributed by atoms with van der Waals surface area (Å²) in [6, 6.07) is 4.56. The molecule has 2 rings (SSSR count). The second-order valence-corrected chi connectivity index (χ2v) is 7.95. The van der Waals surface area contributed by atoms with Crippen LogP contribution in [0.2, 0.25) is 0 Å². The predicted octanol–water partition coefficient (Wildman–Crippen LogP) is 4.61. The Bertz CT molecular complexity index is 829. The van der Waals surface area contributed by atoms with E-state index in [1.165, 1.54) is 36.5 Å². The number of ketones is 1. The minimum atomic E-state index is -4.73. The van der Waals surface area contributed by atoms with Gasteiger partial charge >= 0.3 is 12.1 Å². The standard InChI is InChI=1S/C17H13Cl3F3NO3/c1-24-7-10(14(25)16(18,19)20)13(11(8-24)15(26)27-2)9-5-3-4-6-12(9)17(21,22)23/h3-8,13H,1-2H3. The summed E-state index contributed by atoms with van der Waals surface area (Å²) in [5.74, 6) is -3.38. The Balaban J connectivity index is 2.76. The van der Waals surface area contributed by atoms with Crippen molar-refractivity contribution in [2.75, 3.05) is 14.2 Å². The molecule has 1 unspecified atom stereocenters. The van der Waals surface area contributed by atoms with Crippen LogP contribution in [-0.4, -0.2) is 34.6 Å². The van der Waals surface area contributed by atoms with Crippen LogP contribution in [-0.2, 0) is 20.5 Å². The van der Waals surface area contributed by atoms with Crippen molar-refractivity contribution in [2.45, 2.75) is 15.9 Å². The Morgan fingerprint density at radius 1 is 1.07 bits per heavy atom. The van der Waals surface area contributed by atoms with E-state index in [-0.39, 0.29) is 16.7 Å². The average Bonchev–Trinajstić information content (AvgIpc) is 2.58. The maximum atomic E-state index is 13.5. The molecule has 0 N–H and O–H groups in total. The van der Waals surface area contributed by atoms with Gasteiger partial charge in [0.05, 0.1) is 18.2 Å². The van der Waals surface area contributed by atoms with Crippen molar-refractivity contribution in [3.8, 4) is 0 Å². The number of esters is 1. The van der Waals surface area contributed by atoms with Crippen molar-refractivity contribution in [1.82, 2.24) is 4.90 Å². The van der Waals surface area contributed by atoms with E-state index in [4.69, 9.17) is 34.8 Å². The van der Waals surface area contributed by atoms with Crippen molar-refractivity contribution in [2.24, 2.45) is 0 Å². The number of carbonyl (C=O) groups excluding carboxylic acids is 2. The zero-order valence-electron chi connectivity index (χ0n) is 14.0. The van der Waals surface area contributed by atoms with Crippen LogP contribution in [0.5, 0.6) is 0 Å². The molecule has 1 heterocycles. The quantitative estimate of drug-likeness (QED) is 0.506. The molecule has 1 aromatic carbocycles. The lowest BCUT2D eigenvalue weighted by molar-refractivity contribution is -0.139. The molecule has 27 heavy (non-hydrogen) atoms. The fourth-order valence-corrected chi connectivity index (χ4v) is 3.10. The predicted molar refractivity (Wildman–Crippen MR) is 95.4 cm³/mol. The van der Waals surface area contributed by atoms with E-state index < -0.39 is 33.2 Å². The summed E-state index contributed by atoms with van der Waals surface area (Å²) in [6.45, 7) is 0. The number of hydrogen-bond donors (Lipinski definition) is 0. The van der Waals surface area contributed by atoms with Crippen LogP contribution in [0.4, 0.5) is 13.2 Å². The van der Waals surface area contributed by atoms with E-state index in [0.717, 1.165) is 19.2 Å². The molecule has 0 aromatic heterocycles. The van der Waals surface area contributed by atoms with Gasteiger partial charge in [-0.2, -0.15) is 13.2 Å². The van der Waals surface area contributed by atoms with Gasteiger partial charge < -0.3 is 9.64 Å². The Morgan fingerprint density at radius 3 is 2.15 bits per heavy atom. The lowest BCUT2D eigenvalue weighted by Crippen LogP contribution is -2.32. The zero-order chi connectivity index (χ0) is 20.6. The number of Topliss-reactive ketones (excluding diaryl/α,β-unsaturated/α-hetero) is 1. The van der Waals surface area contributed by atoms with Crippen LogP contribution in [0.25, 0.3) is 0 Å². The number of benzene rings is 1. The highest BCUT2D eigenvalue weighted by Crippen LogP contribution is 2.45. The molecule has 1 atom stereocenters. The van der Waals surface area contributed by atoms with E-state index >= 15 is 0 Å². The molecule has 0 bridgehead atoms. The molecule has 1 aliphatic rings. The number of halogens is 6. The molecule has 10 heteroatoms. The van der Waals surface area contributed by atoms with Crippen LogP contribution in [0, 0.1) is 0 Å². The van der Waals surface area contributed by atoms with Gasteiger partial charge in [-0.1, -0.05) is 53.0 Å². The van der Waals surface area contributed by atoms with Gasteiger partial charge in [-0.15, -0.1) is 0 Å².